The van der Waals surface area contributed by atoms with Gasteiger partial charge in [-0.25, -0.2) is 0 Å². The van der Waals surface area contributed by atoms with Crippen LogP contribution in [-0.2, 0) is 5.41 Å². The molecule has 0 radical (unpaired) electrons. The lowest BCUT2D eigenvalue weighted by Gasteiger charge is -2.54. The number of hydrogen-bond acceptors (Lipinski definition) is 5. The zero-order valence-corrected chi connectivity index (χ0v) is 58.6. The first-order valence-electron chi connectivity index (χ1n) is 37.2. The van der Waals surface area contributed by atoms with Gasteiger partial charge in [0.05, 0.1) is 11.4 Å². The highest BCUT2D eigenvalue weighted by atomic mass is 16.5. The Morgan fingerprint density at radius 1 is 0.317 bits per heavy atom. The maximum absolute atomic E-state index is 8.03. The number of piperidine rings is 2. The van der Waals surface area contributed by atoms with Crippen LogP contribution in [0.15, 0.2) is 333 Å². The summed E-state index contributed by atoms with van der Waals surface area (Å²) in [4.78, 5) is 10.8. The molecule has 14 aromatic carbocycles. The van der Waals surface area contributed by atoms with Crippen molar-refractivity contribution in [2.45, 2.75) is 64.0 Å². The quantitative estimate of drug-likeness (QED) is 0.100. The molecule has 0 spiro atoms. The highest BCUT2D eigenvalue weighted by Crippen LogP contribution is 2.57. The van der Waals surface area contributed by atoms with Gasteiger partial charge < -0.3 is 24.3 Å². The van der Waals surface area contributed by atoms with Crippen LogP contribution < -0.4 is 57.1 Å². The van der Waals surface area contributed by atoms with E-state index < -0.39 is 0 Å². The molecule has 8 aliphatic rings. The lowest BCUT2D eigenvalue weighted by Crippen LogP contribution is -2.64. The molecule has 2 unspecified atom stereocenters. The summed E-state index contributed by atoms with van der Waals surface area (Å²) in [5.41, 5.74) is 35.6. The Kier molecular flexibility index (Phi) is 13.9. The van der Waals surface area contributed by atoms with Crippen LogP contribution in [0.5, 0.6) is 11.5 Å². The van der Waals surface area contributed by atoms with Crippen molar-refractivity contribution in [2.24, 2.45) is 5.92 Å². The van der Waals surface area contributed by atoms with Gasteiger partial charge in [-0.2, -0.15) is 0 Å². The van der Waals surface area contributed by atoms with Crippen molar-refractivity contribution in [1.29, 1.82) is 0 Å². The molecule has 0 aromatic heterocycles. The smallest absolute Gasteiger partial charge is 0.256 e. The summed E-state index contributed by atoms with van der Waals surface area (Å²) in [5.74, 6) is 2.45. The molecule has 4 bridgehead atoms. The minimum Gasteiger partial charge on any atom is -0.458 e. The summed E-state index contributed by atoms with van der Waals surface area (Å²) < 4.78 is 8.03. The van der Waals surface area contributed by atoms with Gasteiger partial charge in [0, 0.05) is 92.0 Å². The number of para-hydroxylation sites is 3. The van der Waals surface area contributed by atoms with Crippen molar-refractivity contribution >= 4 is 103 Å². The van der Waals surface area contributed by atoms with Gasteiger partial charge in [0.1, 0.15) is 11.5 Å². The van der Waals surface area contributed by atoms with Crippen molar-refractivity contribution in [3.8, 4) is 78.3 Å². The normalized spacial score (nSPS) is 16.8. The Bertz CT molecular complexity index is 5670. The maximum Gasteiger partial charge on any atom is 0.256 e. The molecule has 7 heteroatoms. The number of hydrogen-bond donors (Lipinski definition) is 0. The fourth-order valence-electron chi connectivity index (χ4n) is 19.1. The predicted octanol–water partition coefficient (Wildman–Crippen LogP) is 21.2. The van der Waals surface area contributed by atoms with Gasteiger partial charge in [-0.15, -0.1) is 0 Å². The SMILES string of the molecule is CC(C)(C)c1cc2c3c(c1)N(c1c(-c4ccccc4)cc(-c4ccccc4)cc1-c1ccccc1)c1ccccc1B3c1cc3c(cc1N2c1ccccc1)Oc1cc(N2C4CC5=CC(C4)CC2C5)cc2c1B3c1ccccc1N2c1c(-c2ccccc2)cc(-c2ccccc2)cc1-c1ccccc1. The molecule has 5 nitrogen and oxygen atoms in total. The van der Waals surface area contributed by atoms with E-state index in [1.807, 2.05) is 0 Å². The zero-order valence-electron chi connectivity index (χ0n) is 58.6. The number of allylic oxidation sites excluding steroid dienone is 1. The van der Waals surface area contributed by atoms with E-state index in [9.17, 15) is 0 Å². The molecule has 6 aliphatic heterocycles. The molecule has 2 aliphatic carbocycles. The van der Waals surface area contributed by atoms with Crippen molar-refractivity contribution in [2.75, 3.05) is 19.6 Å². The molecular weight excluding hydrogens is 1260 g/mol. The topological polar surface area (TPSA) is 22.2 Å². The number of fused-ring (bicyclic) bond motifs is 8. The first kappa shape index (κ1) is 60.7. The van der Waals surface area contributed by atoms with Crippen molar-refractivity contribution in [3.05, 3.63) is 339 Å². The maximum atomic E-state index is 8.03. The van der Waals surface area contributed by atoms with Crippen LogP contribution in [0.25, 0.3) is 66.8 Å². The molecule has 494 valence electrons. The molecular formula is C97H74B2N4O. The third kappa shape index (κ3) is 9.62. The van der Waals surface area contributed by atoms with Gasteiger partial charge in [0.25, 0.3) is 13.4 Å². The molecule has 0 N–H and O–H groups in total. The second-order valence-corrected chi connectivity index (χ2v) is 30.6. The summed E-state index contributed by atoms with van der Waals surface area (Å²) >= 11 is 0. The van der Waals surface area contributed by atoms with Gasteiger partial charge in [-0.05, 0) is 187 Å². The molecule has 2 saturated heterocycles. The number of benzene rings is 14. The average Bonchev–Trinajstić information content (AvgIpc) is 0.686. The van der Waals surface area contributed by atoms with Crippen LogP contribution in [0.1, 0.15) is 52.0 Å². The predicted molar refractivity (Wildman–Crippen MR) is 438 cm³/mol. The second kappa shape index (κ2) is 23.8. The summed E-state index contributed by atoms with van der Waals surface area (Å²) in [6.07, 6.45) is 7.20. The highest BCUT2D eigenvalue weighted by molar-refractivity contribution is 7.02. The molecule has 6 heterocycles. The number of anilines is 10. The summed E-state index contributed by atoms with van der Waals surface area (Å²) in [7, 11) is 0. The van der Waals surface area contributed by atoms with Gasteiger partial charge in [-0.1, -0.05) is 275 Å². The number of ether oxygens (including phenoxy) is 1. The first-order chi connectivity index (χ1) is 51.2. The Hall–Kier alpha value is -12.1. The lowest BCUT2D eigenvalue weighted by molar-refractivity contribution is 0.264. The Morgan fingerprint density at radius 3 is 1.17 bits per heavy atom. The van der Waals surface area contributed by atoms with Gasteiger partial charge in [0.2, 0.25) is 0 Å². The molecule has 0 amide bonds. The standard InChI is InChI=1S/C97H74B2N4O/c1-97(2,3)72-56-88-93-89(57-72)102(95-77(66-33-15-6-16-34-66)52-70(64-29-11-4-12-30-64)53-78(95)67-35-17-7-18-36-67)85-45-27-25-43-81(85)98(93)83-60-84-91(61-87(83)101(88)73-41-23-10-24-42-73)104-92-59-76(100-74-48-62-47-63(50-74)51-75(100)49-62)58-90-94(92)99(84)82-44-26-28-46-86(82)103(90)96-79(68-37-19-8-20-38-68)54-71(65-31-13-5-14-32-65)55-80(96)69-39-21-9-22-40-69/h4-47,52-62,74-75H,48-51H2,1-3H3. The Balaban J connectivity index is 0.836. The van der Waals surface area contributed by atoms with Gasteiger partial charge >= 0.3 is 0 Å². The van der Waals surface area contributed by atoms with Crippen LogP contribution in [0.4, 0.5) is 56.9 Å². The molecule has 104 heavy (non-hydrogen) atoms. The van der Waals surface area contributed by atoms with Crippen LogP contribution in [0.2, 0.25) is 0 Å². The van der Waals surface area contributed by atoms with Crippen LogP contribution in [0, 0.1) is 5.92 Å². The van der Waals surface area contributed by atoms with E-state index in [-0.39, 0.29) is 18.8 Å². The van der Waals surface area contributed by atoms with E-state index >= 15 is 0 Å². The van der Waals surface area contributed by atoms with Crippen molar-refractivity contribution in [1.82, 2.24) is 0 Å². The van der Waals surface area contributed by atoms with Gasteiger partial charge in [-0.3, -0.25) is 0 Å². The molecule has 2 atom stereocenters. The summed E-state index contributed by atoms with van der Waals surface area (Å²) in [6, 6.07) is 122. The highest BCUT2D eigenvalue weighted by Gasteiger charge is 2.50. The number of nitrogens with zero attached hydrogens (tertiary/aromatic N) is 4. The third-order valence-corrected chi connectivity index (χ3v) is 23.6. The average molecular weight is 1330 g/mol. The van der Waals surface area contributed by atoms with Crippen LogP contribution in [0.3, 0.4) is 0 Å². The van der Waals surface area contributed by atoms with Crippen LogP contribution >= 0.6 is 0 Å². The van der Waals surface area contributed by atoms with Gasteiger partial charge in [0.15, 0.2) is 0 Å². The zero-order chi connectivity index (χ0) is 68.9. The molecule has 22 rings (SSSR count). The third-order valence-electron chi connectivity index (χ3n) is 23.6. The van der Waals surface area contributed by atoms with E-state index in [0.29, 0.717) is 18.0 Å². The van der Waals surface area contributed by atoms with E-state index in [2.05, 4.69) is 368 Å². The van der Waals surface area contributed by atoms with E-state index in [1.165, 1.54) is 107 Å². The minimum atomic E-state index is -0.244. The van der Waals surface area contributed by atoms with Crippen LogP contribution in [-0.4, -0.2) is 25.5 Å². The largest absolute Gasteiger partial charge is 0.458 e. The number of rotatable bonds is 10. The van der Waals surface area contributed by atoms with Crippen molar-refractivity contribution in [3.63, 3.8) is 0 Å². The second-order valence-electron chi connectivity index (χ2n) is 30.6. The fraction of sp³-hybridized carbons (Fsp3) is 0.113. The van der Waals surface area contributed by atoms with Crippen molar-refractivity contribution < 1.29 is 4.74 Å². The summed E-state index contributed by atoms with van der Waals surface area (Å²) in [5, 5.41) is 0. The van der Waals surface area contributed by atoms with E-state index in [1.54, 1.807) is 5.57 Å². The first-order valence-corrected chi connectivity index (χ1v) is 37.2. The monoisotopic (exact) mass is 1330 g/mol. The summed E-state index contributed by atoms with van der Waals surface area (Å²) in [6.45, 7) is 6.73. The minimum absolute atomic E-state index is 0.186. The Labute approximate surface area is 610 Å². The molecule has 0 saturated carbocycles. The Morgan fingerprint density at radius 2 is 0.721 bits per heavy atom. The fourth-order valence-corrected chi connectivity index (χ4v) is 19.1. The van der Waals surface area contributed by atoms with E-state index in [0.717, 1.165) is 91.8 Å². The molecule has 14 aromatic rings. The lowest BCUT2D eigenvalue weighted by atomic mass is 9.30. The molecule has 2 fully saturated rings. The van der Waals surface area contributed by atoms with E-state index in [4.69, 9.17) is 4.74 Å².